The van der Waals surface area contributed by atoms with Crippen LogP contribution in [-0.2, 0) is 23.1 Å². The van der Waals surface area contributed by atoms with Crippen molar-refractivity contribution in [3.63, 3.8) is 0 Å². The highest BCUT2D eigenvalue weighted by Gasteiger charge is 2.53. The molecule has 0 amide bonds. The first-order valence-corrected chi connectivity index (χ1v) is 13.1. The van der Waals surface area contributed by atoms with Gasteiger partial charge in [-0.1, -0.05) is 0 Å². The highest BCUT2D eigenvalue weighted by molar-refractivity contribution is 7.47. The number of nitrogen functional groups attached to an aromatic ring is 1. The maximum absolute atomic E-state index is 13.1. The van der Waals surface area contributed by atoms with Gasteiger partial charge in [0.15, 0.2) is 23.6 Å². The van der Waals surface area contributed by atoms with Crippen molar-refractivity contribution >= 4 is 24.9 Å². The van der Waals surface area contributed by atoms with Crippen LogP contribution in [0.25, 0.3) is 11.2 Å². The highest BCUT2D eigenvalue weighted by atomic mass is 31.2. The van der Waals surface area contributed by atoms with E-state index in [1.807, 2.05) is 4.98 Å². The van der Waals surface area contributed by atoms with Gasteiger partial charge in [0.1, 0.15) is 36.6 Å². The molecule has 2 fully saturated rings. The third-order valence-electron chi connectivity index (χ3n) is 6.34. The van der Waals surface area contributed by atoms with Gasteiger partial charge in [0.05, 0.1) is 19.5 Å². The van der Waals surface area contributed by atoms with Crippen molar-refractivity contribution < 1.29 is 48.4 Å². The van der Waals surface area contributed by atoms with E-state index in [1.54, 1.807) is 0 Å². The van der Waals surface area contributed by atoms with Crippen LogP contribution in [0.15, 0.2) is 33.0 Å². The average Bonchev–Trinajstić information content (AvgIpc) is 3.53. The normalized spacial score (nSPS) is 32.0. The van der Waals surface area contributed by atoms with Gasteiger partial charge in [-0.2, -0.15) is 4.98 Å². The van der Waals surface area contributed by atoms with E-state index in [4.69, 9.17) is 24.3 Å². The molecule has 40 heavy (non-hydrogen) atoms. The molecule has 0 aromatic carbocycles. The number of phosphoric acid groups is 1. The van der Waals surface area contributed by atoms with Gasteiger partial charge in [-0.3, -0.25) is 37.7 Å². The van der Waals surface area contributed by atoms with Crippen molar-refractivity contribution in [2.45, 2.75) is 49.1 Å². The smallest absolute Gasteiger partial charge is 0.394 e. The quantitative estimate of drug-likeness (QED) is 0.115. The zero-order chi connectivity index (χ0) is 28.9. The van der Waals surface area contributed by atoms with E-state index in [9.17, 15) is 44.3 Å². The zero-order valence-corrected chi connectivity index (χ0v) is 21.0. The number of fused-ring (bicyclic) bond motifs is 1. The molecule has 20 nitrogen and oxygen atoms in total. The van der Waals surface area contributed by atoms with Crippen molar-refractivity contribution in [3.8, 4) is 0 Å². The maximum atomic E-state index is 13.1. The van der Waals surface area contributed by atoms with Gasteiger partial charge in [0.25, 0.3) is 11.1 Å². The predicted octanol–water partition coefficient (Wildman–Crippen LogP) is -4.38. The molecule has 5 rings (SSSR count). The molecule has 0 spiro atoms. The molecule has 5 heterocycles. The standard InChI is InChI=1S/C19H24N7O13P/c20-18-23-14-9(15(32)24-18)21-5-26(14)16-11(31)12(7(4-28)37-16)38-40(34,35)39-13-10(30)6(3-27)36-17(13)25-2-1-8(29)22-19(25)33/h1-2,5-7,10-13,16-17,27-28,30-31H,3-4H2,(H,34,35)(H,22,29,33)(H3,20,23,24,32)/t6-,7-,10-,11-,12-,13-,16-,17-/m1/s1. The summed E-state index contributed by atoms with van der Waals surface area (Å²) in [4.78, 5) is 58.4. The fourth-order valence-electron chi connectivity index (χ4n) is 4.52. The number of hydrogen-bond donors (Lipinski definition) is 8. The summed E-state index contributed by atoms with van der Waals surface area (Å²) in [6.45, 7) is -1.58. The molecule has 21 heteroatoms. The number of aromatic amines is 2. The Kier molecular flexibility index (Phi) is 7.48. The van der Waals surface area contributed by atoms with Gasteiger partial charge in [-0.15, -0.1) is 0 Å². The zero-order valence-electron chi connectivity index (χ0n) is 20.1. The van der Waals surface area contributed by atoms with Gasteiger partial charge < -0.3 is 40.5 Å². The Labute approximate surface area is 220 Å². The molecule has 1 unspecified atom stereocenters. The van der Waals surface area contributed by atoms with Crippen LogP contribution in [0, 0.1) is 0 Å². The second-order valence-corrected chi connectivity index (χ2v) is 10.2. The first-order valence-electron chi connectivity index (χ1n) is 11.6. The number of nitrogens with zero attached hydrogens (tertiary/aromatic N) is 4. The van der Waals surface area contributed by atoms with E-state index in [0.29, 0.717) is 0 Å². The molecule has 0 aliphatic carbocycles. The summed E-state index contributed by atoms with van der Waals surface area (Å²) in [6.07, 6.45) is -10.7. The molecule has 9 N–H and O–H groups in total. The molecule has 9 atom stereocenters. The summed E-state index contributed by atoms with van der Waals surface area (Å²) < 4.78 is 36.2. The second kappa shape index (κ2) is 10.6. The number of aliphatic hydroxyl groups excluding tert-OH is 4. The molecule has 3 aromatic heterocycles. The first kappa shape index (κ1) is 28.2. The van der Waals surface area contributed by atoms with E-state index >= 15 is 0 Å². The number of anilines is 1. The van der Waals surface area contributed by atoms with Crippen LogP contribution in [0.2, 0.25) is 0 Å². The lowest BCUT2D eigenvalue weighted by atomic mass is 10.1. The molecular weight excluding hydrogens is 565 g/mol. The Hall–Kier alpha value is -3.30. The number of H-pyrrole nitrogens is 2. The summed E-state index contributed by atoms with van der Waals surface area (Å²) in [5.41, 5.74) is 2.90. The summed E-state index contributed by atoms with van der Waals surface area (Å²) >= 11 is 0. The highest BCUT2D eigenvalue weighted by Crippen LogP contribution is 2.52. The lowest BCUT2D eigenvalue weighted by Crippen LogP contribution is -2.40. The Balaban J connectivity index is 1.40. The largest absolute Gasteiger partial charge is 0.473 e. The van der Waals surface area contributed by atoms with Crippen LogP contribution in [-0.4, -0.2) is 104 Å². The monoisotopic (exact) mass is 589 g/mol. The number of nitrogens with one attached hydrogen (secondary N) is 2. The Morgan fingerprint density at radius 3 is 2.35 bits per heavy atom. The second-order valence-electron chi connectivity index (χ2n) is 8.88. The Morgan fingerprint density at radius 2 is 1.68 bits per heavy atom. The number of aliphatic hydroxyl groups is 4. The molecule has 2 aliphatic heterocycles. The van der Waals surface area contributed by atoms with Crippen LogP contribution < -0.4 is 22.5 Å². The molecule has 0 bridgehead atoms. The average molecular weight is 589 g/mol. The van der Waals surface area contributed by atoms with Gasteiger partial charge in [0, 0.05) is 12.3 Å². The Morgan fingerprint density at radius 1 is 1.00 bits per heavy atom. The number of ether oxygens (including phenoxy) is 2. The van der Waals surface area contributed by atoms with Crippen molar-refractivity contribution in [2.24, 2.45) is 0 Å². The van der Waals surface area contributed by atoms with Crippen LogP contribution >= 0.6 is 7.82 Å². The number of rotatable bonds is 8. The lowest BCUT2D eigenvalue weighted by molar-refractivity contribution is -0.0616. The van der Waals surface area contributed by atoms with E-state index in [0.717, 1.165) is 27.7 Å². The van der Waals surface area contributed by atoms with Crippen molar-refractivity contribution in [1.29, 1.82) is 0 Å². The van der Waals surface area contributed by atoms with Crippen molar-refractivity contribution in [3.05, 3.63) is 49.8 Å². The predicted molar refractivity (Wildman–Crippen MR) is 127 cm³/mol. The third kappa shape index (κ3) is 5.01. The van der Waals surface area contributed by atoms with E-state index in [1.165, 1.54) is 0 Å². The number of imidazole rings is 1. The molecule has 218 valence electrons. The summed E-state index contributed by atoms with van der Waals surface area (Å²) in [7, 11) is -5.28. The number of phosphoric ester groups is 1. The minimum atomic E-state index is -5.28. The van der Waals surface area contributed by atoms with Crippen molar-refractivity contribution in [2.75, 3.05) is 18.9 Å². The molecule has 2 saturated heterocycles. The third-order valence-corrected chi connectivity index (χ3v) is 7.36. The van der Waals surface area contributed by atoms with Gasteiger partial charge in [0.2, 0.25) is 5.95 Å². The molecular formula is C19H24N7O13P. The van der Waals surface area contributed by atoms with E-state index in [2.05, 4.69) is 15.0 Å². The van der Waals surface area contributed by atoms with Crippen LogP contribution in [0.4, 0.5) is 5.95 Å². The summed E-state index contributed by atoms with van der Waals surface area (Å²) in [6, 6.07) is 0.948. The van der Waals surface area contributed by atoms with E-state index < -0.39 is 86.9 Å². The van der Waals surface area contributed by atoms with Gasteiger partial charge >= 0.3 is 13.5 Å². The van der Waals surface area contributed by atoms with Crippen LogP contribution in [0.3, 0.4) is 0 Å². The maximum Gasteiger partial charge on any atom is 0.473 e. The van der Waals surface area contributed by atoms with E-state index in [-0.39, 0.29) is 17.1 Å². The fraction of sp³-hybridized carbons (Fsp3) is 0.526. The van der Waals surface area contributed by atoms with Crippen molar-refractivity contribution in [1.82, 2.24) is 29.1 Å². The van der Waals surface area contributed by atoms with Gasteiger partial charge in [-0.25, -0.2) is 14.3 Å². The van der Waals surface area contributed by atoms with Crippen LogP contribution in [0.5, 0.6) is 0 Å². The summed E-state index contributed by atoms with van der Waals surface area (Å²) in [5, 5.41) is 40.8. The van der Waals surface area contributed by atoms with Crippen LogP contribution in [0.1, 0.15) is 12.5 Å². The molecule has 2 aliphatic rings. The Bertz CT molecular complexity index is 1620. The summed E-state index contributed by atoms with van der Waals surface area (Å²) in [5.74, 6) is -0.263. The topological polar surface area (TPSA) is 300 Å². The minimum absolute atomic E-state index is 0.0958. The molecule has 0 saturated carbocycles. The number of aromatic nitrogens is 6. The number of hydrogen-bond acceptors (Lipinski definition) is 15. The van der Waals surface area contributed by atoms with Gasteiger partial charge in [-0.05, 0) is 0 Å². The fourth-order valence-corrected chi connectivity index (χ4v) is 5.68. The minimum Gasteiger partial charge on any atom is -0.394 e. The SMILES string of the molecule is Nc1nc2c(ncn2[C@@H]2O[C@H](CO)[C@@H](OP(=O)(O)O[C@@H]3[C@H](O)[C@@H](CO)O[C@H]3n3ccc(=O)[nH]c3=O)[C@H]2O)c(=O)[nH]1. The first-order chi connectivity index (χ1) is 18.9. The lowest BCUT2D eigenvalue weighted by Gasteiger charge is -2.27. The number of nitrogens with two attached hydrogens (primary N) is 1. The molecule has 0 radical (unpaired) electrons. The molecule has 3 aromatic rings.